The minimum Gasteiger partial charge on any atom is -0.312 e. The fourth-order valence-corrected chi connectivity index (χ4v) is 3.96. The molecule has 2 fully saturated rings. The highest BCUT2D eigenvalue weighted by molar-refractivity contribution is 7.91. The molecule has 2 rings (SSSR count). The number of rotatable bonds is 10. The van der Waals surface area contributed by atoms with Crippen molar-refractivity contribution < 1.29 is 8.42 Å². The molecule has 4 heteroatoms. The molecule has 106 valence electrons. The van der Waals surface area contributed by atoms with Gasteiger partial charge < -0.3 is 5.32 Å². The van der Waals surface area contributed by atoms with Crippen LogP contribution in [0.2, 0.25) is 0 Å². The Morgan fingerprint density at radius 3 is 2.17 bits per heavy atom. The Kier molecular flexibility index (Phi) is 5.07. The number of nitrogens with one attached hydrogen (secondary N) is 1. The van der Waals surface area contributed by atoms with Crippen LogP contribution in [0.15, 0.2) is 0 Å². The van der Waals surface area contributed by atoms with Crippen molar-refractivity contribution in [1.29, 1.82) is 0 Å². The fraction of sp³-hybridized carbons (Fsp3) is 1.00. The van der Waals surface area contributed by atoms with Gasteiger partial charge in [-0.3, -0.25) is 0 Å². The van der Waals surface area contributed by atoms with Gasteiger partial charge in [0.05, 0.1) is 11.5 Å². The van der Waals surface area contributed by atoms with Crippen LogP contribution < -0.4 is 5.32 Å². The van der Waals surface area contributed by atoms with Crippen LogP contribution in [0.25, 0.3) is 0 Å². The van der Waals surface area contributed by atoms with E-state index in [2.05, 4.69) is 12.2 Å². The summed E-state index contributed by atoms with van der Waals surface area (Å²) in [6, 6.07) is 0.621. The lowest BCUT2D eigenvalue weighted by molar-refractivity contribution is 0.427. The summed E-state index contributed by atoms with van der Waals surface area (Å²) in [7, 11) is -2.82. The van der Waals surface area contributed by atoms with Gasteiger partial charge in [0.1, 0.15) is 0 Å². The highest BCUT2D eigenvalue weighted by Crippen LogP contribution is 2.44. The quantitative estimate of drug-likeness (QED) is 0.622. The summed E-state index contributed by atoms with van der Waals surface area (Å²) in [5, 5.41) is 3.51. The van der Waals surface area contributed by atoms with Crippen LogP contribution in [-0.2, 0) is 9.84 Å². The van der Waals surface area contributed by atoms with Crippen molar-refractivity contribution in [3.05, 3.63) is 0 Å². The maximum absolute atomic E-state index is 11.8. The molecule has 2 aliphatic carbocycles. The first-order chi connectivity index (χ1) is 8.62. The van der Waals surface area contributed by atoms with Crippen LogP contribution in [-0.4, -0.2) is 32.5 Å². The molecule has 0 saturated heterocycles. The van der Waals surface area contributed by atoms with E-state index in [0.29, 0.717) is 24.1 Å². The topological polar surface area (TPSA) is 46.2 Å². The van der Waals surface area contributed by atoms with E-state index in [1.165, 1.54) is 25.7 Å². The van der Waals surface area contributed by atoms with Crippen molar-refractivity contribution in [3.63, 3.8) is 0 Å². The van der Waals surface area contributed by atoms with Crippen molar-refractivity contribution in [2.75, 3.05) is 18.1 Å². The maximum atomic E-state index is 11.8. The van der Waals surface area contributed by atoms with Gasteiger partial charge in [0.25, 0.3) is 0 Å². The number of hydrogen-bond donors (Lipinski definition) is 1. The van der Waals surface area contributed by atoms with Crippen molar-refractivity contribution >= 4 is 9.84 Å². The first-order valence-electron chi connectivity index (χ1n) is 7.56. The van der Waals surface area contributed by atoms with Gasteiger partial charge in [0.15, 0.2) is 9.84 Å². The zero-order valence-corrected chi connectivity index (χ0v) is 12.3. The fourth-order valence-electron chi connectivity index (χ4n) is 2.68. The zero-order valence-electron chi connectivity index (χ0n) is 11.5. The molecule has 2 aliphatic rings. The summed E-state index contributed by atoms with van der Waals surface area (Å²) >= 11 is 0. The largest absolute Gasteiger partial charge is 0.312 e. The van der Waals surface area contributed by atoms with E-state index >= 15 is 0 Å². The smallest absolute Gasteiger partial charge is 0.151 e. The average molecular weight is 273 g/mol. The van der Waals surface area contributed by atoms with Gasteiger partial charge in [-0.05, 0) is 43.9 Å². The molecular formula is C14H27NO2S. The van der Waals surface area contributed by atoms with E-state index < -0.39 is 9.84 Å². The monoisotopic (exact) mass is 273 g/mol. The number of unbranched alkanes of at least 4 members (excludes halogenated alkanes) is 2. The molecule has 0 amide bonds. The van der Waals surface area contributed by atoms with Crippen LogP contribution >= 0.6 is 0 Å². The Morgan fingerprint density at radius 2 is 1.67 bits per heavy atom. The Morgan fingerprint density at radius 1 is 1.06 bits per heavy atom. The van der Waals surface area contributed by atoms with E-state index in [0.717, 1.165) is 31.1 Å². The summed E-state index contributed by atoms with van der Waals surface area (Å²) in [4.78, 5) is 0. The number of sulfone groups is 1. The van der Waals surface area contributed by atoms with Crippen molar-refractivity contribution in [1.82, 2.24) is 5.32 Å². The first-order valence-corrected chi connectivity index (χ1v) is 9.38. The van der Waals surface area contributed by atoms with Gasteiger partial charge in [-0.15, -0.1) is 0 Å². The van der Waals surface area contributed by atoms with E-state index in [-0.39, 0.29) is 0 Å². The Balaban J connectivity index is 1.63. The van der Waals surface area contributed by atoms with Crippen LogP contribution in [0.1, 0.15) is 51.9 Å². The SMILES string of the molecule is CCCCCS(=O)(=O)CCNC(C1CC1)C1CC1. The van der Waals surface area contributed by atoms with Crippen molar-refractivity contribution in [2.45, 2.75) is 57.9 Å². The van der Waals surface area contributed by atoms with Gasteiger partial charge >= 0.3 is 0 Å². The molecule has 18 heavy (non-hydrogen) atoms. The molecule has 0 aliphatic heterocycles. The van der Waals surface area contributed by atoms with Gasteiger partial charge in [-0.1, -0.05) is 19.8 Å². The molecule has 0 aromatic heterocycles. The van der Waals surface area contributed by atoms with Crippen molar-refractivity contribution in [3.8, 4) is 0 Å². The lowest BCUT2D eigenvalue weighted by atomic mass is 10.1. The molecule has 0 bridgehead atoms. The summed E-state index contributed by atoms with van der Waals surface area (Å²) in [5.41, 5.74) is 0. The molecular weight excluding hydrogens is 246 g/mol. The maximum Gasteiger partial charge on any atom is 0.151 e. The van der Waals surface area contributed by atoms with E-state index in [9.17, 15) is 8.42 Å². The molecule has 0 spiro atoms. The molecule has 2 saturated carbocycles. The Hall–Kier alpha value is -0.0900. The molecule has 0 aromatic carbocycles. The molecule has 0 heterocycles. The summed E-state index contributed by atoms with van der Waals surface area (Å²) in [6.07, 6.45) is 8.32. The second kappa shape index (κ2) is 6.38. The number of hydrogen-bond acceptors (Lipinski definition) is 3. The van der Waals surface area contributed by atoms with Gasteiger partial charge in [0, 0.05) is 12.6 Å². The van der Waals surface area contributed by atoms with Gasteiger partial charge in [0.2, 0.25) is 0 Å². The lowest BCUT2D eigenvalue weighted by Crippen LogP contribution is -2.36. The first kappa shape index (κ1) is 14.3. The Labute approximate surface area is 112 Å². The summed E-state index contributed by atoms with van der Waals surface area (Å²) in [5.74, 6) is 2.40. The standard InChI is InChI=1S/C14H27NO2S/c1-2-3-4-10-18(16,17)11-9-15-14(12-5-6-12)13-7-8-13/h12-15H,2-11H2,1H3. The highest BCUT2D eigenvalue weighted by atomic mass is 32.2. The lowest BCUT2D eigenvalue weighted by Gasteiger charge is -2.17. The third-order valence-corrected chi connectivity index (χ3v) is 5.85. The normalized spacial score (nSPS) is 20.6. The zero-order chi connectivity index (χ0) is 13.0. The minimum atomic E-state index is -2.82. The van der Waals surface area contributed by atoms with Gasteiger partial charge in [-0.25, -0.2) is 8.42 Å². The molecule has 0 atom stereocenters. The van der Waals surface area contributed by atoms with Crippen LogP contribution in [0.3, 0.4) is 0 Å². The third kappa shape index (κ3) is 4.88. The predicted octanol–water partition coefficient (Wildman–Crippen LogP) is 2.37. The van der Waals surface area contributed by atoms with Gasteiger partial charge in [-0.2, -0.15) is 0 Å². The van der Waals surface area contributed by atoms with Crippen LogP contribution in [0, 0.1) is 11.8 Å². The second-order valence-corrected chi connectivity index (χ2v) is 8.32. The average Bonchev–Trinajstić information content (AvgIpc) is 3.15. The van der Waals surface area contributed by atoms with Crippen molar-refractivity contribution in [2.24, 2.45) is 11.8 Å². The Bertz CT molecular complexity index is 333. The van der Waals surface area contributed by atoms with Crippen LogP contribution in [0.5, 0.6) is 0 Å². The van der Waals surface area contributed by atoms with Crippen LogP contribution in [0.4, 0.5) is 0 Å². The summed E-state index contributed by atoms with van der Waals surface area (Å²) in [6.45, 7) is 2.76. The van der Waals surface area contributed by atoms with E-state index in [1.807, 2.05) is 0 Å². The molecule has 0 radical (unpaired) electrons. The highest BCUT2D eigenvalue weighted by Gasteiger charge is 2.40. The van der Waals surface area contributed by atoms with E-state index in [1.54, 1.807) is 0 Å². The molecule has 3 nitrogen and oxygen atoms in total. The molecule has 0 aromatic rings. The second-order valence-electron chi connectivity index (χ2n) is 6.01. The third-order valence-electron chi connectivity index (χ3n) is 4.11. The predicted molar refractivity (Wildman–Crippen MR) is 75.4 cm³/mol. The molecule has 0 unspecified atom stereocenters. The molecule has 1 N–H and O–H groups in total. The summed E-state index contributed by atoms with van der Waals surface area (Å²) < 4.78 is 23.6. The van der Waals surface area contributed by atoms with E-state index in [4.69, 9.17) is 0 Å². The minimum absolute atomic E-state index is 0.326.